The van der Waals surface area contributed by atoms with Crippen LogP contribution in [0.3, 0.4) is 0 Å². The molecule has 4 aromatic carbocycles. The molecule has 25 heteroatoms. The van der Waals surface area contributed by atoms with Gasteiger partial charge in [0.2, 0.25) is 23.6 Å². The molecule has 16 heterocycles. The molecular formula is C85H94FN15O8S. The van der Waals surface area contributed by atoms with Gasteiger partial charge in [-0.25, -0.2) is 4.39 Å². The number of aromatic nitrogens is 11. The zero-order valence-electron chi connectivity index (χ0n) is 63.0. The number of halogens is 1. The van der Waals surface area contributed by atoms with E-state index in [-0.39, 0.29) is 35.5 Å². The van der Waals surface area contributed by atoms with E-state index in [1.54, 1.807) is 45.1 Å². The lowest BCUT2D eigenvalue weighted by Gasteiger charge is -2.29. The van der Waals surface area contributed by atoms with Gasteiger partial charge in [0.15, 0.2) is 0 Å². The Kier molecular flexibility index (Phi) is 20.9. The van der Waals surface area contributed by atoms with Crippen molar-refractivity contribution < 1.29 is 42.5 Å². The quantitative estimate of drug-likeness (QED) is 0.144. The van der Waals surface area contributed by atoms with Crippen molar-refractivity contribution in [3.8, 4) is 45.0 Å². The summed E-state index contributed by atoms with van der Waals surface area (Å²) < 4.78 is 47.3. The minimum absolute atomic E-state index is 0.0377. The predicted octanol–water partition coefficient (Wildman–Crippen LogP) is 14.1. The SMILES string of the molecule is CC(=O)N1CCc2c(c(-c3c(F)ccc4[nH]ccc34)nn2C2CCOCC2)C1.CC(=O)N1CCc2c(c(-c3ccc4cc[nH]c4c3)nn2C2CCOCC2)C1.CC(=O)N1CCc2c(c(-c3ccnc4ccccc34)nn2C2CCOCC2)C1.CC(=O)N1CCc2c(c(-c3csc4ccccc34)nn2C2CCOCC2)C1. The van der Waals surface area contributed by atoms with Gasteiger partial charge in [-0.2, -0.15) is 20.4 Å². The van der Waals surface area contributed by atoms with Crippen molar-refractivity contribution in [2.24, 2.45) is 0 Å². The van der Waals surface area contributed by atoms with Crippen molar-refractivity contribution in [3.63, 3.8) is 0 Å². The maximum Gasteiger partial charge on any atom is 0.219 e. The van der Waals surface area contributed by atoms with Gasteiger partial charge in [0.1, 0.15) is 11.5 Å². The number of carbonyl (C=O) groups excluding carboxylic acids is 4. The smallest absolute Gasteiger partial charge is 0.219 e. The minimum atomic E-state index is -0.286. The Morgan fingerprint density at radius 2 is 0.864 bits per heavy atom. The first-order valence-electron chi connectivity index (χ1n) is 39.2. The maximum atomic E-state index is 15.0. The first kappa shape index (κ1) is 72.7. The van der Waals surface area contributed by atoms with Gasteiger partial charge in [-0.05, 0) is 105 Å². The zero-order valence-corrected chi connectivity index (χ0v) is 63.8. The molecule has 8 aliphatic rings. The average molecular weight is 1500 g/mol. The van der Waals surface area contributed by atoms with E-state index in [9.17, 15) is 23.6 Å². The van der Waals surface area contributed by atoms with Crippen molar-refractivity contribution in [1.29, 1.82) is 0 Å². The highest BCUT2D eigenvalue weighted by molar-refractivity contribution is 7.17. The summed E-state index contributed by atoms with van der Waals surface area (Å²) in [5, 5.41) is 26.9. The lowest BCUT2D eigenvalue weighted by Crippen LogP contribution is -2.35. The van der Waals surface area contributed by atoms with E-state index in [0.29, 0.717) is 62.1 Å². The van der Waals surface area contributed by atoms with E-state index in [0.717, 1.165) is 216 Å². The second-order valence-electron chi connectivity index (χ2n) is 30.2. The number of fused-ring (bicyclic) bond motifs is 8. The third-order valence-corrected chi connectivity index (χ3v) is 24.6. The monoisotopic (exact) mass is 1500 g/mol. The summed E-state index contributed by atoms with van der Waals surface area (Å²) in [5.41, 5.74) is 20.2. The summed E-state index contributed by atoms with van der Waals surface area (Å²) >= 11 is 1.76. The molecule has 0 atom stereocenters. The fourth-order valence-corrected chi connectivity index (χ4v) is 18.6. The molecule has 8 aliphatic heterocycles. The second-order valence-corrected chi connectivity index (χ2v) is 31.1. The van der Waals surface area contributed by atoms with Crippen LogP contribution in [0.5, 0.6) is 0 Å². The van der Waals surface area contributed by atoms with Crippen molar-refractivity contribution >= 4 is 77.8 Å². The number of hydrogen-bond donors (Lipinski definition) is 2. The van der Waals surface area contributed by atoms with E-state index < -0.39 is 0 Å². The molecule has 0 saturated carbocycles. The molecule has 4 saturated heterocycles. The van der Waals surface area contributed by atoms with Gasteiger partial charge in [-0.1, -0.05) is 48.5 Å². The van der Waals surface area contributed by atoms with E-state index in [1.807, 2.05) is 68.5 Å². The molecule has 0 bridgehead atoms. The number of aromatic amines is 2. The Bertz CT molecular complexity index is 5400. The third kappa shape index (κ3) is 14.3. The number of hydrogen-bond acceptors (Lipinski definition) is 14. The van der Waals surface area contributed by atoms with Gasteiger partial charge in [0.25, 0.3) is 0 Å². The van der Waals surface area contributed by atoms with Gasteiger partial charge in [-0.3, -0.25) is 42.9 Å². The molecule has 4 fully saturated rings. The first-order chi connectivity index (χ1) is 53.8. The molecule has 570 valence electrons. The van der Waals surface area contributed by atoms with E-state index in [1.165, 1.54) is 60.9 Å². The molecule has 4 amide bonds. The van der Waals surface area contributed by atoms with E-state index in [4.69, 9.17) is 39.3 Å². The molecule has 0 aliphatic carbocycles. The summed E-state index contributed by atoms with van der Waals surface area (Å²) in [4.78, 5) is 66.6. The van der Waals surface area contributed by atoms with Crippen LogP contribution in [0.15, 0.2) is 121 Å². The van der Waals surface area contributed by atoms with E-state index >= 15 is 0 Å². The molecule has 0 unspecified atom stereocenters. The molecule has 8 aromatic heterocycles. The second kappa shape index (κ2) is 31.7. The number of rotatable bonds is 8. The predicted molar refractivity (Wildman–Crippen MR) is 421 cm³/mol. The zero-order chi connectivity index (χ0) is 75.1. The average Bonchev–Trinajstić information content (AvgIpc) is 1.61. The highest BCUT2D eigenvalue weighted by Gasteiger charge is 2.37. The number of thiophene rings is 1. The Hall–Kier alpha value is -10.2. The van der Waals surface area contributed by atoms with Crippen molar-refractivity contribution in [2.75, 3.05) is 79.0 Å². The number of H-pyrrole nitrogens is 2. The highest BCUT2D eigenvalue weighted by Crippen LogP contribution is 2.43. The normalized spacial score (nSPS) is 17.9. The molecule has 110 heavy (non-hydrogen) atoms. The van der Waals surface area contributed by atoms with Crippen molar-refractivity contribution in [3.05, 3.63) is 172 Å². The number of benzene rings is 4. The van der Waals surface area contributed by atoms with Crippen LogP contribution < -0.4 is 0 Å². The standard InChI is InChI=1S/C22H24N4O2.C21H23FN4O2.C21H24N4O2.C21H23N3O2S/c1-15(27)25-11-7-21-19(14-25)22(24-26(21)16-8-12-28-13-9-16)18-6-10-23-20-5-3-2-4-17(18)20;1-13(27)25-9-5-19-16(12-25)21(24-26(19)14-6-10-28-11-7-14)20-15-4-8-23-18(15)3-2-17(20)22;1-14(26)24-9-5-20-18(13-24)21(23-25(20)17-6-10-27-11-7-17)16-3-2-15-4-8-22-19(15)12-16;1-14(25)23-9-6-19-17(12-23)21(22-24(19)15-7-10-26-11-8-15)18-13-27-20-5-3-2-4-16(18)20/h2-6,10,16H,7-9,11-14H2,1H3;2-4,8,14,23H,5-7,9-12H2,1H3;2-4,8,12,17,22H,5-7,9-11,13H2,1H3;2-5,13,15H,6-12H2,1H3. The summed E-state index contributed by atoms with van der Waals surface area (Å²) in [5.74, 6) is 0.142. The Labute approximate surface area is 641 Å². The van der Waals surface area contributed by atoms with Crippen LogP contribution in [0.1, 0.15) is 148 Å². The molecule has 12 aromatic rings. The molecule has 23 nitrogen and oxygen atoms in total. The van der Waals surface area contributed by atoms with Gasteiger partial charge in [0.05, 0.1) is 46.8 Å². The lowest BCUT2D eigenvalue weighted by molar-refractivity contribution is -0.130. The van der Waals surface area contributed by atoms with Crippen LogP contribution in [0, 0.1) is 5.82 Å². The number of nitrogens with zero attached hydrogens (tertiary/aromatic N) is 13. The molecule has 20 rings (SSSR count). The van der Waals surface area contributed by atoms with Crippen LogP contribution in [0.4, 0.5) is 4.39 Å². The fraction of sp³-hybridized carbons (Fsp3) is 0.424. The summed E-state index contributed by atoms with van der Waals surface area (Å²) in [7, 11) is 0. The fourth-order valence-electron chi connectivity index (χ4n) is 17.7. The van der Waals surface area contributed by atoms with Gasteiger partial charge in [-0.15, -0.1) is 11.3 Å². The van der Waals surface area contributed by atoms with Gasteiger partial charge in [0, 0.05) is 282 Å². The Morgan fingerprint density at radius 3 is 1.37 bits per heavy atom. The van der Waals surface area contributed by atoms with Crippen LogP contribution in [-0.4, -0.2) is 176 Å². The number of ether oxygens (including phenoxy) is 4. The number of para-hydroxylation sites is 1. The van der Waals surface area contributed by atoms with Gasteiger partial charge < -0.3 is 48.5 Å². The van der Waals surface area contributed by atoms with Gasteiger partial charge >= 0.3 is 0 Å². The van der Waals surface area contributed by atoms with Crippen molar-refractivity contribution in [2.45, 2.75) is 155 Å². The Balaban J connectivity index is 0.000000107. The van der Waals surface area contributed by atoms with Crippen LogP contribution in [0.25, 0.3) is 87.8 Å². The van der Waals surface area contributed by atoms with Crippen LogP contribution in [-0.2, 0) is 90.0 Å². The van der Waals surface area contributed by atoms with Crippen LogP contribution >= 0.6 is 11.3 Å². The molecule has 0 radical (unpaired) electrons. The summed E-state index contributed by atoms with van der Waals surface area (Å²) in [6.07, 6.45) is 16.8. The molecule has 2 N–H and O–H groups in total. The topological polar surface area (TPSA) is 234 Å². The first-order valence-corrected chi connectivity index (χ1v) is 40.0. The van der Waals surface area contributed by atoms with Crippen molar-refractivity contribution in [1.82, 2.24) is 73.7 Å². The number of nitrogens with one attached hydrogen (secondary N) is 2. The summed E-state index contributed by atoms with van der Waals surface area (Å²) in [6.45, 7) is 18.1. The van der Waals surface area contributed by atoms with Crippen LogP contribution in [0.2, 0.25) is 0 Å². The Morgan fingerprint density at radius 1 is 0.436 bits per heavy atom. The minimum Gasteiger partial charge on any atom is -0.381 e. The number of amides is 4. The lowest BCUT2D eigenvalue weighted by atomic mass is 9.97. The highest BCUT2D eigenvalue weighted by atomic mass is 32.1. The molecular weight excluding hydrogens is 1410 g/mol. The molecule has 0 spiro atoms. The largest absolute Gasteiger partial charge is 0.381 e. The number of pyridine rings is 1. The number of carbonyl (C=O) groups is 4. The summed E-state index contributed by atoms with van der Waals surface area (Å²) in [6, 6.07) is 33.8. The maximum absolute atomic E-state index is 15.0. The van der Waals surface area contributed by atoms with E-state index in [2.05, 4.69) is 93.7 Å². The third-order valence-electron chi connectivity index (χ3n) is 23.7.